The van der Waals surface area contributed by atoms with E-state index in [4.69, 9.17) is 4.74 Å². The lowest BCUT2D eigenvalue weighted by atomic mass is 9.89. The second kappa shape index (κ2) is 5.48. The molecule has 0 aliphatic heterocycles. The van der Waals surface area contributed by atoms with Gasteiger partial charge in [0.05, 0.1) is 5.56 Å². The SMILES string of the molecule is O=C(OC1CCc2ccccc2C1=O)c1ccc(F)cc1. The fraction of sp³-hybridized carbons (Fsp3) is 0.176. The molecular weight excluding hydrogens is 271 g/mol. The lowest BCUT2D eigenvalue weighted by Crippen LogP contribution is -2.32. The summed E-state index contributed by atoms with van der Waals surface area (Å²) in [5.74, 6) is -1.20. The smallest absolute Gasteiger partial charge is 0.338 e. The molecule has 0 radical (unpaired) electrons. The van der Waals surface area contributed by atoms with Crippen molar-refractivity contribution in [3.63, 3.8) is 0 Å². The number of halogens is 1. The Morgan fingerprint density at radius 2 is 1.81 bits per heavy atom. The molecule has 0 saturated heterocycles. The molecule has 21 heavy (non-hydrogen) atoms. The lowest BCUT2D eigenvalue weighted by molar-refractivity contribution is 0.0257. The van der Waals surface area contributed by atoms with Crippen molar-refractivity contribution in [3.8, 4) is 0 Å². The summed E-state index contributed by atoms with van der Waals surface area (Å²) in [4.78, 5) is 24.3. The van der Waals surface area contributed by atoms with Gasteiger partial charge in [-0.3, -0.25) is 4.79 Å². The van der Waals surface area contributed by atoms with E-state index >= 15 is 0 Å². The van der Waals surface area contributed by atoms with Crippen LogP contribution in [0.1, 0.15) is 32.7 Å². The molecule has 1 unspecified atom stereocenters. The maximum Gasteiger partial charge on any atom is 0.338 e. The number of benzene rings is 2. The van der Waals surface area contributed by atoms with Gasteiger partial charge in [-0.05, 0) is 42.7 Å². The first-order valence-electron chi connectivity index (χ1n) is 6.74. The summed E-state index contributed by atoms with van der Waals surface area (Å²) in [5.41, 5.74) is 1.83. The van der Waals surface area contributed by atoms with Crippen LogP contribution in [0.2, 0.25) is 0 Å². The normalized spacial score (nSPS) is 17.2. The second-order valence-electron chi connectivity index (χ2n) is 4.96. The van der Waals surface area contributed by atoms with Crippen molar-refractivity contribution in [2.45, 2.75) is 18.9 Å². The summed E-state index contributed by atoms with van der Waals surface area (Å²) in [5, 5.41) is 0. The van der Waals surface area contributed by atoms with Gasteiger partial charge in [-0.15, -0.1) is 0 Å². The molecular formula is C17H13FO3. The molecule has 0 N–H and O–H groups in total. The topological polar surface area (TPSA) is 43.4 Å². The van der Waals surface area contributed by atoms with Gasteiger partial charge in [-0.25, -0.2) is 9.18 Å². The zero-order valence-corrected chi connectivity index (χ0v) is 11.2. The van der Waals surface area contributed by atoms with Crippen LogP contribution in [-0.4, -0.2) is 17.9 Å². The Balaban J connectivity index is 1.76. The van der Waals surface area contributed by atoms with Crippen LogP contribution >= 0.6 is 0 Å². The molecule has 0 bridgehead atoms. The molecule has 3 rings (SSSR count). The van der Waals surface area contributed by atoms with Crippen LogP contribution in [0.4, 0.5) is 4.39 Å². The maximum absolute atomic E-state index is 12.8. The highest BCUT2D eigenvalue weighted by atomic mass is 19.1. The number of carbonyl (C=O) groups is 2. The number of ketones is 1. The number of esters is 1. The first kappa shape index (κ1) is 13.5. The molecule has 0 aromatic heterocycles. The van der Waals surface area contributed by atoms with Gasteiger partial charge >= 0.3 is 5.97 Å². The number of Topliss-reactive ketones (excluding diaryl/α,β-unsaturated/α-hetero) is 1. The van der Waals surface area contributed by atoms with Crippen molar-refractivity contribution in [1.29, 1.82) is 0 Å². The van der Waals surface area contributed by atoms with Gasteiger partial charge in [0.25, 0.3) is 0 Å². The van der Waals surface area contributed by atoms with E-state index in [1.165, 1.54) is 24.3 Å². The Bertz CT molecular complexity index is 691. The minimum atomic E-state index is -0.766. The number of hydrogen-bond acceptors (Lipinski definition) is 3. The lowest BCUT2D eigenvalue weighted by Gasteiger charge is -2.23. The molecule has 1 atom stereocenters. The molecule has 0 saturated carbocycles. The second-order valence-corrected chi connectivity index (χ2v) is 4.96. The highest BCUT2D eigenvalue weighted by Gasteiger charge is 2.30. The maximum atomic E-state index is 12.8. The fourth-order valence-electron chi connectivity index (χ4n) is 2.47. The molecule has 0 heterocycles. The number of rotatable bonds is 2. The van der Waals surface area contributed by atoms with Crippen LogP contribution in [-0.2, 0) is 11.2 Å². The number of ether oxygens (including phenoxy) is 1. The van der Waals surface area contributed by atoms with Gasteiger partial charge < -0.3 is 4.74 Å². The van der Waals surface area contributed by atoms with Crippen molar-refractivity contribution in [1.82, 2.24) is 0 Å². The van der Waals surface area contributed by atoms with Crippen LogP contribution in [0.25, 0.3) is 0 Å². The van der Waals surface area contributed by atoms with Gasteiger partial charge in [0.1, 0.15) is 5.82 Å². The Labute approximate surface area is 121 Å². The first-order valence-corrected chi connectivity index (χ1v) is 6.74. The van der Waals surface area contributed by atoms with Crippen molar-refractivity contribution in [3.05, 3.63) is 71.0 Å². The molecule has 1 aliphatic rings. The third-order valence-corrected chi connectivity index (χ3v) is 3.58. The van der Waals surface area contributed by atoms with Gasteiger partial charge in [0, 0.05) is 5.56 Å². The molecule has 0 fully saturated rings. The van der Waals surface area contributed by atoms with Gasteiger partial charge in [-0.2, -0.15) is 0 Å². The number of aryl methyl sites for hydroxylation is 1. The standard InChI is InChI=1S/C17H13FO3/c18-13-8-5-12(6-9-13)17(20)21-15-10-7-11-3-1-2-4-14(11)16(15)19/h1-6,8-9,15H,7,10H2. The number of fused-ring (bicyclic) bond motifs is 1. The monoisotopic (exact) mass is 284 g/mol. The Kier molecular flexibility index (Phi) is 3.52. The molecule has 1 aliphatic carbocycles. The largest absolute Gasteiger partial charge is 0.450 e. The third kappa shape index (κ3) is 2.70. The van der Waals surface area contributed by atoms with E-state index < -0.39 is 17.9 Å². The molecule has 0 spiro atoms. The van der Waals surface area contributed by atoms with Crippen molar-refractivity contribution < 1.29 is 18.7 Å². The van der Waals surface area contributed by atoms with Crippen LogP contribution in [0.15, 0.2) is 48.5 Å². The van der Waals surface area contributed by atoms with E-state index in [0.29, 0.717) is 18.4 Å². The van der Waals surface area contributed by atoms with Gasteiger partial charge in [-0.1, -0.05) is 24.3 Å². The highest BCUT2D eigenvalue weighted by Crippen LogP contribution is 2.23. The molecule has 0 amide bonds. The van der Waals surface area contributed by atoms with E-state index in [1.54, 1.807) is 12.1 Å². The molecule has 4 heteroatoms. The zero-order chi connectivity index (χ0) is 14.8. The third-order valence-electron chi connectivity index (χ3n) is 3.58. The average molecular weight is 284 g/mol. The van der Waals surface area contributed by atoms with Crippen LogP contribution in [0, 0.1) is 5.82 Å². The van der Waals surface area contributed by atoms with E-state index in [-0.39, 0.29) is 11.3 Å². The Morgan fingerprint density at radius 1 is 1.10 bits per heavy atom. The molecule has 106 valence electrons. The minimum absolute atomic E-state index is 0.174. The number of carbonyl (C=O) groups excluding carboxylic acids is 2. The minimum Gasteiger partial charge on any atom is -0.450 e. The Hall–Kier alpha value is -2.49. The summed E-state index contributed by atoms with van der Waals surface area (Å²) in [6.45, 7) is 0. The fourth-order valence-corrected chi connectivity index (χ4v) is 2.47. The highest BCUT2D eigenvalue weighted by molar-refractivity contribution is 6.03. The van der Waals surface area contributed by atoms with Crippen molar-refractivity contribution in [2.75, 3.05) is 0 Å². The van der Waals surface area contributed by atoms with Crippen LogP contribution in [0.3, 0.4) is 0 Å². The molecule has 2 aromatic rings. The van der Waals surface area contributed by atoms with Gasteiger partial charge in [0.2, 0.25) is 5.78 Å². The van der Waals surface area contributed by atoms with Crippen molar-refractivity contribution in [2.24, 2.45) is 0 Å². The quantitative estimate of drug-likeness (QED) is 0.795. The molecule has 3 nitrogen and oxygen atoms in total. The van der Waals surface area contributed by atoms with E-state index in [9.17, 15) is 14.0 Å². The van der Waals surface area contributed by atoms with Crippen molar-refractivity contribution >= 4 is 11.8 Å². The predicted octanol–water partition coefficient (Wildman–Crippen LogP) is 3.18. The summed E-state index contributed by atoms with van der Waals surface area (Å²) < 4.78 is 18.1. The Morgan fingerprint density at radius 3 is 2.57 bits per heavy atom. The summed E-state index contributed by atoms with van der Waals surface area (Å²) in [6, 6.07) is 12.4. The summed E-state index contributed by atoms with van der Waals surface area (Å²) in [6.07, 6.45) is 0.406. The van der Waals surface area contributed by atoms with E-state index in [2.05, 4.69) is 0 Å². The summed E-state index contributed by atoms with van der Waals surface area (Å²) >= 11 is 0. The van der Waals surface area contributed by atoms with Crippen LogP contribution in [0.5, 0.6) is 0 Å². The van der Waals surface area contributed by atoms with Gasteiger partial charge in [0.15, 0.2) is 6.10 Å². The molecule has 2 aromatic carbocycles. The zero-order valence-electron chi connectivity index (χ0n) is 11.2. The van der Waals surface area contributed by atoms with Crippen LogP contribution < -0.4 is 0 Å². The predicted molar refractivity (Wildman–Crippen MR) is 74.7 cm³/mol. The first-order chi connectivity index (χ1) is 10.1. The average Bonchev–Trinajstić information content (AvgIpc) is 2.51. The summed E-state index contributed by atoms with van der Waals surface area (Å²) in [7, 11) is 0. The van der Waals surface area contributed by atoms with E-state index in [1.807, 2.05) is 12.1 Å². The van der Waals surface area contributed by atoms with E-state index in [0.717, 1.165) is 5.56 Å². The number of hydrogen-bond donors (Lipinski definition) is 0.